The van der Waals surface area contributed by atoms with Crippen LogP contribution in [-0.4, -0.2) is 47.4 Å². The Morgan fingerprint density at radius 3 is 0.636 bits per heavy atom. The van der Waals surface area contributed by atoms with Gasteiger partial charge in [0.15, 0.2) is 0 Å². The lowest BCUT2D eigenvalue weighted by atomic mass is 10.9. The van der Waals surface area contributed by atoms with E-state index in [0.717, 1.165) is 7.11 Å². The van der Waals surface area contributed by atoms with Gasteiger partial charge in [0.1, 0.15) is 0 Å². The van der Waals surface area contributed by atoms with Crippen LogP contribution >= 0.6 is 0 Å². The predicted molar refractivity (Wildman–Crippen MR) is 46.4 cm³/mol. The van der Waals surface area contributed by atoms with E-state index >= 15 is 0 Å². The van der Waals surface area contributed by atoms with Gasteiger partial charge in [0.25, 0.3) is 0 Å². The molecule has 0 aromatic carbocycles. The van der Waals surface area contributed by atoms with Gasteiger partial charge in [0.05, 0.1) is 0 Å². The molecule has 0 radical (unpaired) electrons. The quantitative estimate of drug-likeness (QED) is 0.399. The van der Waals surface area contributed by atoms with Crippen LogP contribution in [0.1, 0.15) is 20.8 Å². The Kier molecular flexibility index (Phi) is 194. The highest BCUT2D eigenvalue weighted by molar-refractivity contribution is 3.84. The molecule has 74 valence electrons. The van der Waals surface area contributed by atoms with Crippen molar-refractivity contribution in [3.63, 3.8) is 0 Å². The number of aliphatic hydroxyl groups excluding tert-OH is 4. The Morgan fingerprint density at radius 1 is 0.636 bits per heavy atom. The van der Waals surface area contributed by atoms with Crippen LogP contribution in [0.5, 0.6) is 0 Å². The predicted octanol–water partition coefficient (Wildman–Crippen LogP) is -0.396. The summed E-state index contributed by atoms with van der Waals surface area (Å²) in [5, 5.41) is 29.7. The minimum atomic E-state index is 0.250. The second-order valence-corrected chi connectivity index (χ2v) is 0.949. The fourth-order valence-electron chi connectivity index (χ4n) is 0. The van der Waals surface area contributed by atoms with Gasteiger partial charge >= 0.3 is 0 Å². The SMILES string of the molecule is CCO.CCO.CCO.CO. The number of hydrogen-bond donors (Lipinski definition) is 4. The van der Waals surface area contributed by atoms with Crippen molar-refractivity contribution in [3.8, 4) is 0 Å². The van der Waals surface area contributed by atoms with Crippen LogP contribution in [0.15, 0.2) is 0 Å². The molecule has 0 heterocycles. The summed E-state index contributed by atoms with van der Waals surface area (Å²) >= 11 is 0. The second kappa shape index (κ2) is 95.3. The molecule has 0 rings (SSSR count). The molecule has 0 fully saturated rings. The van der Waals surface area contributed by atoms with E-state index in [0.29, 0.717) is 0 Å². The van der Waals surface area contributed by atoms with Gasteiger partial charge in [0.2, 0.25) is 0 Å². The monoisotopic (exact) mass is 170 g/mol. The summed E-state index contributed by atoms with van der Waals surface area (Å²) in [4.78, 5) is 0. The van der Waals surface area contributed by atoms with E-state index in [-0.39, 0.29) is 19.8 Å². The molecule has 4 nitrogen and oxygen atoms in total. The van der Waals surface area contributed by atoms with Gasteiger partial charge in [-0.05, 0) is 20.8 Å². The van der Waals surface area contributed by atoms with Crippen LogP contribution in [0.3, 0.4) is 0 Å². The first-order valence-electron chi connectivity index (χ1n) is 3.52. The highest BCUT2D eigenvalue weighted by atomic mass is 16.3. The number of aliphatic hydroxyl groups is 4. The van der Waals surface area contributed by atoms with E-state index < -0.39 is 0 Å². The smallest absolute Gasteiger partial charge is 0.0402 e. The minimum absolute atomic E-state index is 0.250. The van der Waals surface area contributed by atoms with Crippen molar-refractivity contribution >= 4 is 0 Å². The lowest BCUT2D eigenvalue weighted by Crippen LogP contribution is -1.57. The maximum atomic E-state index is 7.57. The van der Waals surface area contributed by atoms with E-state index in [9.17, 15) is 0 Å². The first-order valence-corrected chi connectivity index (χ1v) is 3.52. The van der Waals surface area contributed by atoms with E-state index in [2.05, 4.69) is 0 Å². The standard InChI is InChI=1S/3C2H6O.CH4O/c3*1-2-3;1-2/h3*3H,2H2,1H3;2H,1H3. The summed E-state index contributed by atoms with van der Waals surface area (Å²) < 4.78 is 0. The fourth-order valence-corrected chi connectivity index (χ4v) is 0. The molecule has 0 saturated heterocycles. The zero-order chi connectivity index (χ0) is 10.1. The van der Waals surface area contributed by atoms with Gasteiger partial charge < -0.3 is 20.4 Å². The van der Waals surface area contributed by atoms with Gasteiger partial charge in [-0.15, -0.1) is 0 Å². The Labute approximate surface area is 69.1 Å². The largest absolute Gasteiger partial charge is 0.400 e. The third-order valence-electron chi connectivity index (χ3n) is 0. The summed E-state index contributed by atoms with van der Waals surface area (Å²) in [5.41, 5.74) is 0. The lowest BCUT2D eigenvalue weighted by Gasteiger charge is -1.52. The molecule has 0 spiro atoms. The molecule has 0 aromatic rings. The number of rotatable bonds is 0. The maximum Gasteiger partial charge on any atom is 0.0402 e. The Hall–Kier alpha value is -0.160. The molecule has 0 aromatic heterocycles. The Morgan fingerprint density at radius 2 is 0.636 bits per heavy atom. The van der Waals surface area contributed by atoms with Crippen molar-refractivity contribution in [2.45, 2.75) is 20.8 Å². The molecule has 0 amide bonds. The fraction of sp³-hybridized carbons (Fsp3) is 1.00. The van der Waals surface area contributed by atoms with Gasteiger partial charge in [-0.25, -0.2) is 0 Å². The average molecular weight is 170 g/mol. The summed E-state index contributed by atoms with van der Waals surface area (Å²) in [5.74, 6) is 0. The van der Waals surface area contributed by atoms with Crippen LogP contribution in [0.25, 0.3) is 0 Å². The lowest BCUT2D eigenvalue weighted by molar-refractivity contribution is 0.318. The first-order chi connectivity index (χ1) is 5.24. The molecular weight excluding hydrogens is 148 g/mol. The van der Waals surface area contributed by atoms with Crippen LogP contribution in [0, 0.1) is 0 Å². The summed E-state index contributed by atoms with van der Waals surface area (Å²) in [6, 6.07) is 0. The molecule has 0 bridgehead atoms. The van der Waals surface area contributed by atoms with Crippen molar-refractivity contribution in [2.24, 2.45) is 0 Å². The van der Waals surface area contributed by atoms with Crippen LogP contribution < -0.4 is 0 Å². The van der Waals surface area contributed by atoms with E-state index in [4.69, 9.17) is 20.4 Å². The molecule has 0 saturated carbocycles. The van der Waals surface area contributed by atoms with E-state index in [1.807, 2.05) is 0 Å². The van der Waals surface area contributed by atoms with Crippen molar-refractivity contribution in [1.82, 2.24) is 0 Å². The van der Waals surface area contributed by atoms with Crippen LogP contribution in [0.4, 0.5) is 0 Å². The van der Waals surface area contributed by atoms with Gasteiger partial charge in [0, 0.05) is 26.9 Å². The van der Waals surface area contributed by atoms with Crippen molar-refractivity contribution in [1.29, 1.82) is 0 Å². The zero-order valence-corrected chi connectivity index (χ0v) is 7.91. The maximum absolute atomic E-state index is 7.57. The Balaban J connectivity index is -0.0000000301. The highest BCUT2D eigenvalue weighted by Crippen LogP contribution is 1.30. The molecule has 11 heavy (non-hydrogen) atoms. The zero-order valence-electron chi connectivity index (χ0n) is 7.91. The minimum Gasteiger partial charge on any atom is -0.400 e. The van der Waals surface area contributed by atoms with Crippen molar-refractivity contribution < 1.29 is 20.4 Å². The van der Waals surface area contributed by atoms with E-state index in [1.165, 1.54) is 0 Å². The third kappa shape index (κ3) is 23600. The molecule has 0 aliphatic heterocycles. The topological polar surface area (TPSA) is 80.9 Å². The van der Waals surface area contributed by atoms with Gasteiger partial charge in [-0.3, -0.25) is 0 Å². The normalized spacial score (nSPS) is 5.45. The molecule has 0 aliphatic rings. The summed E-state index contributed by atoms with van der Waals surface area (Å²) in [6.45, 7) is 5.79. The van der Waals surface area contributed by atoms with Gasteiger partial charge in [-0.1, -0.05) is 0 Å². The molecule has 0 aliphatic carbocycles. The molecule has 0 unspecified atom stereocenters. The molecular formula is C7H22O4. The second-order valence-electron chi connectivity index (χ2n) is 0.949. The third-order valence-corrected chi connectivity index (χ3v) is 0. The van der Waals surface area contributed by atoms with E-state index in [1.54, 1.807) is 20.8 Å². The van der Waals surface area contributed by atoms with Gasteiger partial charge in [-0.2, -0.15) is 0 Å². The Bertz CT molecular complexity index is 15.2. The van der Waals surface area contributed by atoms with Crippen LogP contribution in [0.2, 0.25) is 0 Å². The van der Waals surface area contributed by atoms with Crippen molar-refractivity contribution in [2.75, 3.05) is 26.9 Å². The average Bonchev–Trinajstić information content (AvgIpc) is 1.96. The highest BCUT2D eigenvalue weighted by Gasteiger charge is 1.35. The first kappa shape index (κ1) is 22.4. The number of hydrogen-bond acceptors (Lipinski definition) is 4. The molecule has 4 heteroatoms. The summed E-state index contributed by atoms with van der Waals surface area (Å²) in [7, 11) is 1.00. The van der Waals surface area contributed by atoms with Crippen LogP contribution in [-0.2, 0) is 0 Å². The molecule has 4 N–H and O–H groups in total. The van der Waals surface area contributed by atoms with Crippen molar-refractivity contribution in [3.05, 3.63) is 0 Å². The molecule has 0 atom stereocenters. The summed E-state index contributed by atoms with van der Waals surface area (Å²) in [6.07, 6.45) is 0.